The Balaban J connectivity index is 2.56. The minimum absolute atomic E-state index is 0.284. The Morgan fingerprint density at radius 2 is 1.31 bits per heavy atom. The normalized spacial score (nSPS) is 13.1. The number of ether oxygens (including phenoxy) is 2. The summed E-state index contributed by atoms with van der Waals surface area (Å²) in [6.45, 7) is 9.64. The third kappa shape index (κ3) is 8.61. The summed E-state index contributed by atoms with van der Waals surface area (Å²) in [4.78, 5) is 51.4. The molecule has 2 aromatic rings. The maximum Gasteiger partial charge on any atom is 0.430 e. The van der Waals surface area contributed by atoms with Gasteiger partial charge >= 0.3 is 18.2 Å². The lowest BCUT2D eigenvalue weighted by Crippen LogP contribution is -2.60. The van der Waals surface area contributed by atoms with E-state index in [0.717, 1.165) is 0 Å². The van der Waals surface area contributed by atoms with Crippen LogP contribution in [0.15, 0.2) is 60.7 Å². The quantitative estimate of drug-likeness (QED) is 0.505. The van der Waals surface area contributed by atoms with Crippen molar-refractivity contribution in [2.24, 2.45) is 0 Å². The summed E-state index contributed by atoms with van der Waals surface area (Å²) >= 11 is 0. The van der Waals surface area contributed by atoms with Gasteiger partial charge in [-0.25, -0.2) is 19.8 Å². The zero-order valence-corrected chi connectivity index (χ0v) is 21.3. The van der Waals surface area contributed by atoms with Crippen LogP contribution in [0.2, 0.25) is 0 Å². The Bertz CT molecular complexity index is 1060. The minimum Gasteiger partial charge on any atom is -0.480 e. The largest absolute Gasteiger partial charge is 0.480 e. The summed E-state index contributed by atoms with van der Waals surface area (Å²) in [6, 6.07) is 13.4. The molecule has 0 heterocycles. The van der Waals surface area contributed by atoms with E-state index in [2.05, 4.69) is 10.7 Å². The van der Waals surface area contributed by atoms with Gasteiger partial charge in [0.05, 0.1) is 6.04 Å². The summed E-state index contributed by atoms with van der Waals surface area (Å²) in [5.41, 5.74) is 0.935. The van der Waals surface area contributed by atoms with E-state index in [4.69, 9.17) is 9.47 Å². The number of rotatable bonds is 6. The number of nitrogens with one attached hydrogen (secondary N) is 2. The number of nitrogens with zero attached hydrogens (tertiary/aromatic N) is 1. The molecule has 2 rings (SSSR count). The second kappa shape index (κ2) is 11.6. The van der Waals surface area contributed by atoms with Gasteiger partial charge in [0.15, 0.2) is 6.04 Å². The molecule has 0 aliphatic rings. The van der Waals surface area contributed by atoms with Gasteiger partial charge < -0.3 is 19.9 Å². The molecule has 10 heteroatoms. The third-order valence-electron chi connectivity index (χ3n) is 4.53. The van der Waals surface area contributed by atoms with Crippen LogP contribution < -0.4 is 10.7 Å². The van der Waals surface area contributed by atoms with E-state index in [9.17, 15) is 24.3 Å². The summed E-state index contributed by atoms with van der Waals surface area (Å²) < 4.78 is 10.6. The highest BCUT2D eigenvalue weighted by molar-refractivity contribution is 5.95. The first kappa shape index (κ1) is 28.2. The molecule has 0 aromatic heterocycles. The molecule has 0 spiro atoms. The van der Waals surface area contributed by atoms with Crippen LogP contribution in [0, 0.1) is 0 Å². The third-order valence-corrected chi connectivity index (χ3v) is 4.53. The average Bonchev–Trinajstić information content (AvgIpc) is 2.76. The number of carbonyl (C=O) groups excluding carboxylic acids is 3. The van der Waals surface area contributed by atoms with Crippen molar-refractivity contribution in [2.45, 2.75) is 64.8 Å². The number of benzene rings is 2. The Kier molecular flexibility index (Phi) is 9.05. The maximum absolute atomic E-state index is 13.2. The van der Waals surface area contributed by atoms with E-state index in [-0.39, 0.29) is 5.56 Å². The fourth-order valence-electron chi connectivity index (χ4n) is 3.16. The molecular formula is C26H33N3O7. The summed E-state index contributed by atoms with van der Waals surface area (Å²) in [5, 5.41) is 13.5. The van der Waals surface area contributed by atoms with Crippen LogP contribution in [-0.4, -0.2) is 51.4 Å². The van der Waals surface area contributed by atoms with Crippen LogP contribution in [-0.2, 0) is 14.3 Å². The monoisotopic (exact) mass is 499 g/mol. The Labute approximate surface area is 210 Å². The number of carbonyl (C=O) groups is 4. The van der Waals surface area contributed by atoms with Crippen molar-refractivity contribution in [1.82, 2.24) is 15.8 Å². The van der Waals surface area contributed by atoms with Crippen LogP contribution >= 0.6 is 0 Å². The molecule has 0 radical (unpaired) electrons. The first-order chi connectivity index (χ1) is 16.7. The van der Waals surface area contributed by atoms with Crippen LogP contribution in [0.4, 0.5) is 9.59 Å². The number of hydrogen-bond acceptors (Lipinski definition) is 6. The Morgan fingerprint density at radius 3 is 1.78 bits per heavy atom. The Morgan fingerprint density at radius 1 is 0.806 bits per heavy atom. The van der Waals surface area contributed by atoms with Crippen molar-refractivity contribution in [1.29, 1.82) is 0 Å². The highest BCUT2D eigenvalue weighted by Gasteiger charge is 2.42. The second-order valence-electron chi connectivity index (χ2n) is 9.97. The fraction of sp³-hybridized carbons (Fsp3) is 0.385. The van der Waals surface area contributed by atoms with Gasteiger partial charge in [0, 0.05) is 5.56 Å². The molecule has 3 N–H and O–H groups in total. The van der Waals surface area contributed by atoms with Gasteiger partial charge in [0.1, 0.15) is 11.2 Å². The lowest BCUT2D eigenvalue weighted by Gasteiger charge is -2.36. The topological polar surface area (TPSA) is 134 Å². The lowest BCUT2D eigenvalue weighted by molar-refractivity contribution is -0.145. The summed E-state index contributed by atoms with van der Waals surface area (Å²) in [5.74, 6) is -2.07. The molecule has 0 bridgehead atoms. The molecule has 2 atom stereocenters. The SMILES string of the molecule is CC(C)(C)OC(=O)NN(C(=O)OC(C)(C)C)[C@@H](C(=O)O)[C@H](NC(=O)c1ccccc1)c1ccccc1. The Hall–Kier alpha value is -4.08. The number of amides is 3. The number of hydrazine groups is 1. The van der Waals surface area contributed by atoms with Gasteiger partial charge in [-0.05, 0) is 59.2 Å². The van der Waals surface area contributed by atoms with Crippen molar-refractivity contribution in [2.75, 3.05) is 0 Å². The first-order valence-corrected chi connectivity index (χ1v) is 11.3. The van der Waals surface area contributed by atoms with E-state index in [1.807, 2.05) is 0 Å². The second-order valence-corrected chi connectivity index (χ2v) is 9.97. The molecule has 3 amide bonds. The number of carboxylic acid groups (broad SMARTS) is 1. The van der Waals surface area contributed by atoms with E-state index in [0.29, 0.717) is 10.6 Å². The average molecular weight is 500 g/mol. The predicted octanol–water partition coefficient (Wildman–Crippen LogP) is 4.29. The molecule has 36 heavy (non-hydrogen) atoms. The van der Waals surface area contributed by atoms with Gasteiger partial charge in [0.25, 0.3) is 5.91 Å². The maximum atomic E-state index is 13.2. The summed E-state index contributed by atoms with van der Waals surface area (Å²) in [7, 11) is 0. The van der Waals surface area contributed by atoms with Crippen molar-refractivity contribution in [3.8, 4) is 0 Å². The van der Waals surface area contributed by atoms with Crippen molar-refractivity contribution < 1.29 is 33.8 Å². The molecule has 0 aliphatic heterocycles. The van der Waals surface area contributed by atoms with Crippen LogP contribution in [0.25, 0.3) is 0 Å². The standard InChI is InChI=1S/C26H33N3O7/c1-25(2,3)35-23(33)28-29(24(34)36-26(4,5)6)20(22(31)32)19(17-13-9-7-10-14-17)27-21(30)18-15-11-8-12-16-18/h7-16,19-20H,1-6H3,(H,27,30)(H,28,33)(H,31,32)/t19-,20-/m1/s1. The van der Waals surface area contributed by atoms with Crippen molar-refractivity contribution in [3.63, 3.8) is 0 Å². The van der Waals surface area contributed by atoms with E-state index in [1.54, 1.807) is 102 Å². The number of hydrogen-bond donors (Lipinski definition) is 3. The van der Waals surface area contributed by atoms with Gasteiger partial charge in [-0.15, -0.1) is 0 Å². The molecule has 0 aliphatic carbocycles. The molecule has 0 saturated carbocycles. The molecule has 0 fully saturated rings. The molecule has 194 valence electrons. The van der Waals surface area contributed by atoms with Gasteiger partial charge in [0.2, 0.25) is 0 Å². The summed E-state index contributed by atoms with van der Waals surface area (Å²) in [6.07, 6.45) is -2.21. The minimum atomic E-state index is -1.80. The van der Waals surface area contributed by atoms with Gasteiger partial charge in [-0.2, -0.15) is 5.01 Å². The van der Waals surface area contributed by atoms with Crippen LogP contribution in [0.5, 0.6) is 0 Å². The first-order valence-electron chi connectivity index (χ1n) is 11.3. The van der Waals surface area contributed by atoms with Crippen LogP contribution in [0.3, 0.4) is 0 Å². The van der Waals surface area contributed by atoms with Gasteiger partial charge in [-0.3, -0.25) is 4.79 Å². The van der Waals surface area contributed by atoms with Crippen molar-refractivity contribution in [3.05, 3.63) is 71.8 Å². The molecule has 0 saturated heterocycles. The van der Waals surface area contributed by atoms with E-state index in [1.165, 1.54) is 0 Å². The van der Waals surface area contributed by atoms with Gasteiger partial charge in [-0.1, -0.05) is 48.5 Å². The molecule has 2 aromatic carbocycles. The highest BCUT2D eigenvalue weighted by atomic mass is 16.6. The predicted molar refractivity (Wildman–Crippen MR) is 132 cm³/mol. The molecule has 0 unspecified atom stereocenters. The lowest BCUT2D eigenvalue weighted by atomic mass is 9.98. The zero-order chi connectivity index (χ0) is 27.1. The zero-order valence-electron chi connectivity index (χ0n) is 21.3. The number of aliphatic carboxylic acids is 1. The fourth-order valence-corrected chi connectivity index (χ4v) is 3.16. The van der Waals surface area contributed by atoms with Crippen molar-refractivity contribution >= 4 is 24.1 Å². The smallest absolute Gasteiger partial charge is 0.430 e. The van der Waals surface area contributed by atoms with E-state index >= 15 is 0 Å². The highest BCUT2D eigenvalue weighted by Crippen LogP contribution is 2.24. The number of carboxylic acids is 1. The van der Waals surface area contributed by atoms with Crippen LogP contribution in [0.1, 0.15) is 63.5 Å². The molecule has 10 nitrogen and oxygen atoms in total. The van der Waals surface area contributed by atoms with E-state index < -0.39 is 47.3 Å². The molecular weight excluding hydrogens is 466 g/mol.